The molecule has 1 saturated heterocycles. The third-order valence-corrected chi connectivity index (χ3v) is 6.99. The molecule has 3 rings (SSSR count). The third-order valence-electron chi connectivity index (χ3n) is 6.01. The largest absolute Gasteiger partial charge is 0.484 e. The van der Waals surface area contributed by atoms with Crippen LogP contribution in [-0.2, 0) is 14.4 Å². The van der Waals surface area contributed by atoms with Gasteiger partial charge >= 0.3 is 6.03 Å². The smallest absolute Gasteiger partial charge is 0.325 e. The molecule has 2 atom stereocenters. The Hall–Kier alpha value is -2.94. The number of urea groups is 1. The van der Waals surface area contributed by atoms with Gasteiger partial charge in [0.25, 0.3) is 11.8 Å². The summed E-state index contributed by atoms with van der Waals surface area (Å²) in [5, 5.41) is 23.8. The number of anilines is 1. The van der Waals surface area contributed by atoms with E-state index in [9.17, 15) is 19.2 Å². The first-order valence-corrected chi connectivity index (χ1v) is 13.6. The van der Waals surface area contributed by atoms with Crippen molar-refractivity contribution in [3.8, 4) is 5.75 Å². The van der Waals surface area contributed by atoms with Gasteiger partial charge in [-0.2, -0.15) is 0 Å². The molecule has 0 saturated carbocycles. The number of nitrogens with one attached hydrogen (secondary N) is 2. The predicted octanol–water partition coefficient (Wildman–Crippen LogP) is 2.39. The van der Waals surface area contributed by atoms with E-state index in [1.807, 2.05) is 0 Å². The lowest BCUT2D eigenvalue weighted by Gasteiger charge is -2.27. The van der Waals surface area contributed by atoms with Crippen molar-refractivity contribution in [2.45, 2.75) is 25.9 Å². The molecule has 1 aliphatic rings. The van der Waals surface area contributed by atoms with Crippen molar-refractivity contribution in [1.82, 2.24) is 15.1 Å². The van der Waals surface area contributed by atoms with Gasteiger partial charge in [-0.3, -0.25) is 14.4 Å². The van der Waals surface area contributed by atoms with Gasteiger partial charge in [0.05, 0.1) is 23.9 Å². The Balaban J connectivity index is 1.69. The highest BCUT2D eigenvalue weighted by molar-refractivity contribution is 14.1. The molecule has 4 N–H and O–H groups in total. The molecule has 2 aromatic rings. The number of halogens is 2. The summed E-state index contributed by atoms with van der Waals surface area (Å²) >= 11 is 8.34. The van der Waals surface area contributed by atoms with Crippen LogP contribution in [0.1, 0.15) is 25.5 Å². The number of imide groups is 1. The fourth-order valence-corrected chi connectivity index (χ4v) is 5.00. The van der Waals surface area contributed by atoms with Gasteiger partial charge in [0, 0.05) is 16.7 Å². The molecule has 0 bridgehead atoms. The van der Waals surface area contributed by atoms with E-state index >= 15 is 0 Å². The van der Waals surface area contributed by atoms with Gasteiger partial charge in [-0.15, -0.1) is 0 Å². The van der Waals surface area contributed by atoms with Gasteiger partial charge in [0.15, 0.2) is 6.61 Å². The molecule has 0 spiro atoms. The number of aliphatic hydroxyl groups is 2. The van der Waals surface area contributed by atoms with Crippen LogP contribution in [-0.4, -0.2) is 82.7 Å². The summed E-state index contributed by atoms with van der Waals surface area (Å²) in [5.41, 5.74) is 0.849. The van der Waals surface area contributed by atoms with Crippen LogP contribution in [0.15, 0.2) is 42.5 Å². The maximum absolute atomic E-state index is 13.3. The average Bonchev–Trinajstić information content (AvgIpc) is 3.18. The van der Waals surface area contributed by atoms with Crippen molar-refractivity contribution in [3.63, 3.8) is 0 Å². The van der Waals surface area contributed by atoms with Crippen LogP contribution in [0, 0.1) is 9.49 Å². The molecular formula is C26H30ClIN4O7. The van der Waals surface area contributed by atoms with E-state index < -0.39 is 35.8 Å². The van der Waals surface area contributed by atoms with Crippen molar-refractivity contribution in [3.05, 3.63) is 56.6 Å². The number of hydrogen-bond acceptors (Lipinski definition) is 7. The minimum absolute atomic E-state index is 0.0782. The molecule has 210 valence electrons. The number of benzene rings is 2. The molecule has 0 aromatic heterocycles. The fourth-order valence-electron chi connectivity index (χ4n) is 4.09. The molecule has 1 aliphatic heterocycles. The van der Waals surface area contributed by atoms with Crippen LogP contribution in [0.3, 0.4) is 0 Å². The average molecular weight is 673 g/mol. The fraction of sp³-hybridized carbons (Fsp3) is 0.385. The van der Waals surface area contributed by atoms with Gasteiger partial charge in [-0.25, -0.2) is 9.69 Å². The van der Waals surface area contributed by atoms with Gasteiger partial charge < -0.3 is 30.5 Å². The van der Waals surface area contributed by atoms with E-state index in [0.29, 0.717) is 22.0 Å². The number of amides is 5. The summed E-state index contributed by atoms with van der Waals surface area (Å²) in [6, 6.07) is 8.63. The van der Waals surface area contributed by atoms with Crippen molar-refractivity contribution in [1.29, 1.82) is 0 Å². The van der Waals surface area contributed by atoms with Crippen LogP contribution in [0.5, 0.6) is 5.75 Å². The third kappa shape index (κ3) is 7.59. The van der Waals surface area contributed by atoms with Gasteiger partial charge in [-0.05, 0) is 64.4 Å². The summed E-state index contributed by atoms with van der Waals surface area (Å²) in [6.45, 7) is 2.85. The normalized spacial score (nSPS) is 15.8. The van der Waals surface area contributed by atoms with Crippen molar-refractivity contribution in [2.24, 2.45) is 5.92 Å². The second kappa shape index (κ2) is 13.9. The van der Waals surface area contributed by atoms with Gasteiger partial charge in [-0.1, -0.05) is 37.6 Å². The number of nitrogens with zero attached hydrogens (tertiary/aromatic N) is 2. The van der Waals surface area contributed by atoms with Crippen LogP contribution < -0.4 is 15.4 Å². The zero-order valence-electron chi connectivity index (χ0n) is 21.4. The van der Waals surface area contributed by atoms with E-state index in [1.165, 1.54) is 4.90 Å². The Labute approximate surface area is 244 Å². The highest BCUT2D eigenvalue weighted by Crippen LogP contribution is 2.29. The molecular weight excluding hydrogens is 643 g/mol. The Kier molecular flexibility index (Phi) is 10.9. The van der Waals surface area contributed by atoms with Crippen LogP contribution in [0.2, 0.25) is 5.02 Å². The first-order valence-electron chi connectivity index (χ1n) is 12.2. The summed E-state index contributed by atoms with van der Waals surface area (Å²) in [6.07, 6.45) is 0. The zero-order chi connectivity index (χ0) is 28.7. The lowest BCUT2D eigenvalue weighted by atomic mass is 10.0. The SMILES string of the molecule is CC(C)[C@@H](C(=O)Nc1ccc(I)cc1Cl)N1C(=O)N[C@H](c2ccc(OCC(=O)N(CCO)CCO)cc2)C1=O. The van der Waals surface area contributed by atoms with Crippen LogP contribution in [0.25, 0.3) is 0 Å². The molecule has 1 fully saturated rings. The molecule has 1 heterocycles. The summed E-state index contributed by atoms with van der Waals surface area (Å²) in [4.78, 5) is 53.9. The first kappa shape index (κ1) is 30.6. The van der Waals surface area contributed by atoms with Crippen molar-refractivity contribution < 1.29 is 34.1 Å². The van der Waals surface area contributed by atoms with E-state index in [4.69, 9.17) is 26.6 Å². The first-order chi connectivity index (χ1) is 18.6. The molecule has 0 radical (unpaired) electrons. The minimum Gasteiger partial charge on any atom is -0.484 e. The highest BCUT2D eigenvalue weighted by atomic mass is 127. The van der Waals surface area contributed by atoms with Crippen molar-refractivity contribution >= 4 is 63.6 Å². The predicted molar refractivity (Wildman–Crippen MR) is 152 cm³/mol. The monoisotopic (exact) mass is 672 g/mol. The number of aliphatic hydroxyl groups excluding tert-OH is 2. The number of ether oxygens (including phenoxy) is 1. The number of carbonyl (C=O) groups is 4. The molecule has 2 aromatic carbocycles. The maximum Gasteiger partial charge on any atom is 0.325 e. The molecule has 11 nitrogen and oxygen atoms in total. The quantitative estimate of drug-likeness (QED) is 0.200. The lowest BCUT2D eigenvalue weighted by Crippen LogP contribution is -2.50. The molecule has 39 heavy (non-hydrogen) atoms. The van der Waals surface area contributed by atoms with E-state index in [0.717, 1.165) is 8.47 Å². The maximum atomic E-state index is 13.3. The Morgan fingerprint density at radius 3 is 2.33 bits per heavy atom. The van der Waals surface area contributed by atoms with E-state index in [2.05, 4.69) is 33.2 Å². The Morgan fingerprint density at radius 1 is 1.13 bits per heavy atom. The van der Waals surface area contributed by atoms with E-state index in [-0.39, 0.29) is 38.8 Å². The molecule has 5 amide bonds. The zero-order valence-corrected chi connectivity index (χ0v) is 24.3. The van der Waals surface area contributed by atoms with Crippen molar-refractivity contribution in [2.75, 3.05) is 38.2 Å². The summed E-state index contributed by atoms with van der Waals surface area (Å²) in [7, 11) is 0. The summed E-state index contributed by atoms with van der Waals surface area (Å²) in [5.74, 6) is -1.55. The number of carbonyl (C=O) groups excluding carboxylic acids is 4. The van der Waals surface area contributed by atoms with E-state index in [1.54, 1.807) is 56.3 Å². The standard InChI is InChI=1S/C26H30ClIN4O7/c1-15(2)23(24(36)29-20-8-5-17(28)13-19(20)27)32-25(37)22(30-26(32)38)16-3-6-18(7-4-16)39-14-21(35)31(9-11-33)10-12-34/h3-8,13,15,22-23,33-34H,9-12,14H2,1-2H3,(H,29,36)(H,30,38)/t22-,23+/m1/s1. The minimum atomic E-state index is -1.08. The lowest BCUT2D eigenvalue weighted by molar-refractivity contribution is -0.135. The second-order valence-corrected chi connectivity index (χ2v) is 10.7. The Bertz CT molecular complexity index is 1210. The topological polar surface area (TPSA) is 149 Å². The second-order valence-electron chi connectivity index (χ2n) is 9.08. The molecule has 0 unspecified atom stereocenters. The number of hydrogen-bond donors (Lipinski definition) is 4. The Morgan fingerprint density at radius 2 is 1.77 bits per heavy atom. The molecule has 13 heteroatoms. The van der Waals surface area contributed by atoms with Gasteiger partial charge in [0.1, 0.15) is 17.8 Å². The van der Waals surface area contributed by atoms with Gasteiger partial charge in [0.2, 0.25) is 5.91 Å². The highest BCUT2D eigenvalue weighted by Gasteiger charge is 2.46. The van der Waals surface area contributed by atoms with Crippen LogP contribution >= 0.6 is 34.2 Å². The molecule has 0 aliphatic carbocycles. The summed E-state index contributed by atoms with van der Waals surface area (Å²) < 4.78 is 6.39. The van der Waals surface area contributed by atoms with Crippen LogP contribution in [0.4, 0.5) is 10.5 Å². The number of rotatable bonds is 12.